The molecule has 17 heavy (non-hydrogen) atoms. The van der Waals surface area contributed by atoms with Crippen LogP contribution in [0.5, 0.6) is 0 Å². The van der Waals surface area contributed by atoms with Crippen LogP contribution in [0.15, 0.2) is 18.2 Å². The topological polar surface area (TPSA) is 25.8 Å². The van der Waals surface area contributed by atoms with Gasteiger partial charge in [0, 0.05) is 5.39 Å². The quantitative estimate of drug-likeness (QED) is 0.728. The van der Waals surface area contributed by atoms with Gasteiger partial charge in [-0.15, -0.1) is 0 Å². The molecule has 0 aliphatic carbocycles. The van der Waals surface area contributed by atoms with E-state index in [0.717, 1.165) is 12.1 Å². The van der Waals surface area contributed by atoms with E-state index >= 15 is 0 Å². The van der Waals surface area contributed by atoms with Crippen LogP contribution in [0.2, 0.25) is 5.28 Å². The average molecular weight is 261 g/mol. The molecule has 1 aromatic heterocycles. The summed E-state index contributed by atoms with van der Waals surface area (Å²) < 4.78 is 37.7. The van der Waals surface area contributed by atoms with Crippen LogP contribution >= 0.6 is 11.6 Å². The molecule has 6 heteroatoms. The zero-order valence-corrected chi connectivity index (χ0v) is 9.60. The maximum atomic E-state index is 12.6. The molecule has 1 heterocycles. The lowest BCUT2D eigenvalue weighted by Crippen LogP contribution is -2.05. The number of rotatable bonds is 1. The Labute approximate surface area is 100 Å². The lowest BCUT2D eigenvalue weighted by atomic mass is 10.1. The highest BCUT2D eigenvalue weighted by molar-refractivity contribution is 6.28. The van der Waals surface area contributed by atoms with E-state index in [1.165, 1.54) is 6.07 Å². The van der Waals surface area contributed by atoms with Crippen LogP contribution in [-0.4, -0.2) is 9.97 Å². The summed E-state index contributed by atoms with van der Waals surface area (Å²) in [5.41, 5.74) is 0.242. The molecule has 0 bridgehead atoms. The van der Waals surface area contributed by atoms with Crippen LogP contribution in [0.4, 0.5) is 13.2 Å². The van der Waals surface area contributed by atoms with Crippen LogP contribution in [0.3, 0.4) is 0 Å². The van der Waals surface area contributed by atoms with E-state index in [1.807, 2.05) is 0 Å². The lowest BCUT2D eigenvalue weighted by Gasteiger charge is -2.09. The van der Waals surface area contributed by atoms with E-state index in [4.69, 9.17) is 11.6 Å². The van der Waals surface area contributed by atoms with Gasteiger partial charge in [-0.25, -0.2) is 9.97 Å². The third-order valence-corrected chi connectivity index (χ3v) is 2.58. The second kappa shape index (κ2) is 4.14. The van der Waals surface area contributed by atoms with E-state index in [9.17, 15) is 13.2 Å². The molecule has 2 rings (SSSR count). The molecule has 0 aliphatic heterocycles. The maximum Gasteiger partial charge on any atom is 0.416 e. The number of halogens is 4. The first kappa shape index (κ1) is 12.1. The van der Waals surface area contributed by atoms with E-state index < -0.39 is 11.7 Å². The minimum atomic E-state index is -4.36. The molecule has 0 fully saturated rings. The highest BCUT2D eigenvalue weighted by atomic mass is 35.5. The number of aryl methyl sites for hydroxylation is 1. The minimum Gasteiger partial charge on any atom is -0.222 e. The molecule has 0 radical (unpaired) electrons. The number of aromatic nitrogens is 2. The van der Waals surface area contributed by atoms with Crippen molar-refractivity contribution in [3.8, 4) is 0 Å². The molecule has 90 valence electrons. The van der Waals surface area contributed by atoms with Crippen molar-refractivity contribution in [1.82, 2.24) is 9.97 Å². The monoisotopic (exact) mass is 260 g/mol. The van der Waals surface area contributed by atoms with Crippen molar-refractivity contribution < 1.29 is 13.2 Å². The molecule has 0 spiro atoms. The van der Waals surface area contributed by atoms with Gasteiger partial charge in [0.2, 0.25) is 5.28 Å². The summed E-state index contributed by atoms with van der Waals surface area (Å²) in [5, 5.41) is 0.445. The predicted molar refractivity (Wildman–Crippen MR) is 58.9 cm³/mol. The fourth-order valence-corrected chi connectivity index (χ4v) is 1.80. The predicted octanol–water partition coefficient (Wildman–Crippen LogP) is 3.86. The van der Waals surface area contributed by atoms with Gasteiger partial charge in [0.1, 0.15) is 0 Å². The number of fused-ring (bicyclic) bond motifs is 1. The molecule has 0 atom stereocenters. The maximum absolute atomic E-state index is 12.6. The standard InChI is InChI=1S/C11H8ClF3N2/c1-2-8-7-5-6(11(13,14)15)3-4-9(7)17-10(12)16-8/h3-5H,2H2,1H3. The van der Waals surface area contributed by atoms with Crippen molar-refractivity contribution in [2.45, 2.75) is 19.5 Å². The van der Waals surface area contributed by atoms with E-state index in [0.29, 0.717) is 23.0 Å². The van der Waals surface area contributed by atoms with E-state index in [2.05, 4.69) is 9.97 Å². The Hall–Kier alpha value is -1.36. The zero-order chi connectivity index (χ0) is 12.6. The smallest absolute Gasteiger partial charge is 0.222 e. The van der Waals surface area contributed by atoms with Gasteiger partial charge in [-0.05, 0) is 36.2 Å². The molecule has 0 aliphatic rings. The largest absolute Gasteiger partial charge is 0.416 e. The second-order valence-corrected chi connectivity index (χ2v) is 3.86. The Kier molecular flexibility index (Phi) is 2.95. The SMILES string of the molecule is CCc1nc(Cl)nc2ccc(C(F)(F)F)cc12. The molecule has 0 unspecified atom stereocenters. The molecular formula is C11H8ClF3N2. The summed E-state index contributed by atoms with van der Waals surface area (Å²) in [6, 6.07) is 3.36. The van der Waals surface area contributed by atoms with Crippen molar-refractivity contribution in [3.05, 3.63) is 34.7 Å². The third kappa shape index (κ3) is 2.34. The summed E-state index contributed by atoms with van der Waals surface area (Å²) >= 11 is 5.69. The second-order valence-electron chi connectivity index (χ2n) is 3.52. The van der Waals surface area contributed by atoms with E-state index in [-0.39, 0.29) is 5.28 Å². The van der Waals surface area contributed by atoms with Gasteiger partial charge in [0.05, 0.1) is 16.8 Å². The van der Waals surface area contributed by atoms with Crippen molar-refractivity contribution in [1.29, 1.82) is 0 Å². The molecule has 2 aromatic rings. The van der Waals surface area contributed by atoms with Crippen LogP contribution in [0.25, 0.3) is 10.9 Å². The Morgan fingerprint density at radius 2 is 1.94 bits per heavy atom. The fraction of sp³-hybridized carbons (Fsp3) is 0.273. The van der Waals surface area contributed by atoms with Gasteiger partial charge in [0.25, 0.3) is 0 Å². The third-order valence-electron chi connectivity index (χ3n) is 2.41. The first-order valence-corrected chi connectivity index (χ1v) is 5.33. The molecule has 0 saturated heterocycles. The van der Waals surface area contributed by atoms with Crippen LogP contribution in [-0.2, 0) is 12.6 Å². The summed E-state index contributed by atoms with van der Waals surface area (Å²) in [6.07, 6.45) is -3.86. The molecule has 0 N–H and O–H groups in total. The Balaban J connectivity index is 2.72. The van der Waals surface area contributed by atoms with Gasteiger partial charge >= 0.3 is 6.18 Å². The van der Waals surface area contributed by atoms with Gasteiger partial charge in [-0.1, -0.05) is 6.92 Å². The van der Waals surface area contributed by atoms with Crippen molar-refractivity contribution >= 4 is 22.5 Å². The lowest BCUT2D eigenvalue weighted by molar-refractivity contribution is -0.137. The number of hydrogen-bond acceptors (Lipinski definition) is 2. The van der Waals surface area contributed by atoms with Crippen molar-refractivity contribution in [2.24, 2.45) is 0 Å². The van der Waals surface area contributed by atoms with Gasteiger partial charge in [-0.3, -0.25) is 0 Å². The Morgan fingerprint density at radius 1 is 1.24 bits per heavy atom. The average Bonchev–Trinajstić information content (AvgIpc) is 2.25. The molecule has 1 aromatic carbocycles. The van der Waals surface area contributed by atoms with E-state index in [1.54, 1.807) is 6.92 Å². The molecule has 0 amide bonds. The van der Waals surface area contributed by atoms with Gasteiger partial charge in [0.15, 0.2) is 0 Å². The Morgan fingerprint density at radius 3 is 2.53 bits per heavy atom. The van der Waals surface area contributed by atoms with Crippen molar-refractivity contribution in [2.75, 3.05) is 0 Å². The molecule has 0 saturated carbocycles. The number of nitrogens with zero attached hydrogens (tertiary/aromatic N) is 2. The molecular weight excluding hydrogens is 253 g/mol. The minimum absolute atomic E-state index is 0.0501. The number of hydrogen-bond donors (Lipinski definition) is 0. The highest BCUT2D eigenvalue weighted by Crippen LogP contribution is 2.32. The van der Waals surface area contributed by atoms with Gasteiger partial charge < -0.3 is 0 Å². The number of alkyl halides is 3. The summed E-state index contributed by atoms with van der Waals surface area (Å²) in [5.74, 6) is 0. The summed E-state index contributed by atoms with van der Waals surface area (Å²) in [4.78, 5) is 7.82. The fourth-order valence-electron chi connectivity index (χ4n) is 1.61. The summed E-state index contributed by atoms with van der Waals surface area (Å²) in [7, 11) is 0. The zero-order valence-electron chi connectivity index (χ0n) is 8.85. The first-order chi connectivity index (χ1) is 7.91. The first-order valence-electron chi connectivity index (χ1n) is 4.95. The Bertz CT molecular complexity index is 566. The molecule has 2 nitrogen and oxygen atoms in total. The van der Waals surface area contributed by atoms with Crippen LogP contribution < -0.4 is 0 Å². The number of benzene rings is 1. The van der Waals surface area contributed by atoms with Gasteiger partial charge in [-0.2, -0.15) is 13.2 Å². The highest BCUT2D eigenvalue weighted by Gasteiger charge is 2.30. The normalized spacial score (nSPS) is 12.1. The van der Waals surface area contributed by atoms with Crippen LogP contribution in [0, 0.1) is 0 Å². The van der Waals surface area contributed by atoms with Crippen LogP contribution in [0.1, 0.15) is 18.2 Å². The summed E-state index contributed by atoms with van der Waals surface area (Å²) in [6.45, 7) is 1.80. The van der Waals surface area contributed by atoms with Crippen molar-refractivity contribution in [3.63, 3.8) is 0 Å².